The van der Waals surface area contributed by atoms with Crippen molar-refractivity contribution in [3.05, 3.63) is 35.8 Å². The van der Waals surface area contributed by atoms with Crippen molar-refractivity contribution in [1.82, 2.24) is 30.0 Å². The Hall–Kier alpha value is -2.65. The SMILES string of the molecule is CN(C)CC=CC(=O)NC1CCCC(Oc2nc(Nc3cnn(C)c3)ncc2Cl)C1. The molecule has 2 aromatic heterocycles. The predicted octanol–water partition coefficient (Wildman–Crippen LogP) is 2.53. The second-order valence-corrected chi connectivity index (χ2v) is 8.06. The van der Waals surface area contributed by atoms with E-state index in [4.69, 9.17) is 16.3 Å². The molecule has 3 rings (SSSR count). The second-order valence-electron chi connectivity index (χ2n) is 7.65. The average molecular weight is 434 g/mol. The van der Waals surface area contributed by atoms with Gasteiger partial charge in [-0.2, -0.15) is 10.1 Å². The molecule has 2 unspecified atom stereocenters. The zero-order valence-electron chi connectivity index (χ0n) is 17.5. The molecule has 10 heteroatoms. The van der Waals surface area contributed by atoms with Gasteiger partial charge in [0.1, 0.15) is 11.1 Å². The third kappa shape index (κ3) is 6.70. The predicted molar refractivity (Wildman–Crippen MR) is 116 cm³/mol. The Bertz CT molecular complexity index is 884. The molecule has 0 aliphatic heterocycles. The van der Waals surface area contributed by atoms with Crippen LogP contribution in [0.3, 0.4) is 0 Å². The zero-order chi connectivity index (χ0) is 21.5. The number of carbonyl (C=O) groups is 1. The molecule has 0 aromatic carbocycles. The van der Waals surface area contributed by atoms with Crippen LogP contribution >= 0.6 is 11.6 Å². The third-order valence-corrected chi connectivity index (χ3v) is 4.92. The Kier molecular flexibility index (Phi) is 7.64. The normalized spacial score (nSPS) is 19.2. The molecule has 162 valence electrons. The number of aromatic nitrogens is 4. The van der Waals surface area contributed by atoms with Gasteiger partial charge in [-0.15, -0.1) is 0 Å². The quantitative estimate of drug-likeness (QED) is 0.617. The van der Waals surface area contributed by atoms with Gasteiger partial charge >= 0.3 is 0 Å². The standard InChI is InChI=1S/C20H28ClN7O2/c1-27(2)9-5-8-18(29)24-14-6-4-7-16(10-14)30-19-17(21)12-22-20(26-19)25-15-11-23-28(3)13-15/h5,8,11-14,16H,4,6-7,9-10H2,1-3H3,(H,24,29)(H,22,25,26). The molecule has 0 radical (unpaired) electrons. The number of aryl methyl sites for hydroxylation is 1. The summed E-state index contributed by atoms with van der Waals surface area (Å²) in [4.78, 5) is 22.7. The van der Waals surface area contributed by atoms with E-state index in [1.54, 1.807) is 17.0 Å². The van der Waals surface area contributed by atoms with E-state index < -0.39 is 0 Å². The molecule has 1 aliphatic carbocycles. The van der Waals surface area contributed by atoms with Crippen LogP contribution in [0.2, 0.25) is 5.02 Å². The van der Waals surface area contributed by atoms with Crippen molar-refractivity contribution >= 4 is 29.1 Å². The fourth-order valence-electron chi connectivity index (χ4n) is 3.27. The average Bonchev–Trinajstić information content (AvgIpc) is 3.09. The van der Waals surface area contributed by atoms with Gasteiger partial charge in [-0.1, -0.05) is 17.7 Å². The molecule has 2 heterocycles. The van der Waals surface area contributed by atoms with Crippen LogP contribution in [-0.4, -0.2) is 63.3 Å². The number of anilines is 2. The first kappa shape index (κ1) is 22.0. The van der Waals surface area contributed by atoms with Crippen LogP contribution in [-0.2, 0) is 11.8 Å². The summed E-state index contributed by atoms with van der Waals surface area (Å²) in [5.74, 6) is 0.639. The summed E-state index contributed by atoms with van der Waals surface area (Å²) in [5, 5.41) is 10.6. The maximum atomic E-state index is 12.1. The van der Waals surface area contributed by atoms with Gasteiger partial charge in [0.25, 0.3) is 0 Å². The molecular weight excluding hydrogens is 406 g/mol. The summed E-state index contributed by atoms with van der Waals surface area (Å²) < 4.78 is 7.76. The number of likely N-dealkylation sites (N-methyl/N-ethyl adjacent to an activating group) is 1. The van der Waals surface area contributed by atoms with Gasteiger partial charge in [0.05, 0.1) is 18.1 Å². The lowest BCUT2D eigenvalue weighted by atomic mass is 9.93. The number of nitrogens with one attached hydrogen (secondary N) is 2. The van der Waals surface area contributed by atoms with Crippen molar-refractivity contribution in [2.45, 2.75) is 37.8 Å². The van der Waals surface area contributed by atoms with Gasteiger partial charge in [-0.25, -0.2) is 4.98 Å². The molecule has 1 aliphatic rings. The lowest BCUT2D eigenvalue weighted by Gasteiger charge is -2.29. The maximum absolute atomic E-state index is 12.1. The minimum Gasteiger partial charge on any atom is -0.473 e. The monoisotopic (exact) mass is 433 g/mol. The van der Waals surface area contributed by atoms with Crippen molar-refractivity contribution in [3.8, 4) is 5.88 Å². The molecule has 30 heavy (non-hydrogen) atoms. The lowest BCUT2D eigenvalue weighted by molar-refractivity contribution is -0.117. The maximum Gasteiger partial charge on any atom is 0.243 e. The molecule has 0 saturated heterocycles. The van der Waals surface area contributed by atoms with Gasteiger partial charge in [0.2, 0.25) is 17.7 Å². The molecule has 1 saturated carbocycles. The molecular formula is C20H28ClN7O2. The van der Waals surface area contributed by atoms with Crippen LogP contribution in [0, 0.1) is 0 Å². The van der Waals surface area contributed by atoms with E-state index in [1.165, 1.54) is 6.20 Å². The zero-order valence-corrected chi connectivity index (χ0v) is 18.3. The highest BCUT2D eigenvalue weighted by atomic mass is 35.5. The molecule has 2 N–H and O–H groups in total. The number of hydrogen-bond acceptors (Lipinski definition) is 7. The first-order valence-corrected chi connectivity index (χ1v) is 10.3. The fourth-order valence-corrected chi connectivity index (χ4v) is 3.41. The molecule has 0 bridgehead atoms. The van der Waals surface area contributed by atoms with E-state index in [1.807, 2.05) is 38.3 Å². The van der Waals surface area contributed by atoms with Crippen molar-refractivity contribution < 1.29 is 9.53 Å². The summed E-state index contributed by atoms with van der Waals surface area (Å²) in [6.45, 7) is 0.728. The van der Waals surface area contributed by atoms with E-state index in [0.29, 0.717) is 23.3 Å². The largest absolute Gasteiger partial charge is 0.473 e. The smallest absolute Gasteiger partial charge is 0.243 e. The summed E-state index contributed by atoms with van der Waals surface area (Å²) in [6.07, 6.45) is 11.9. The summed E-state index contributed by atoms with van der Waals surface area (Å²) >= 11 is 6.25. The van der Waals surface area contributed by atoms with Gasteiger partial charge in [0, 0.05) is 38.3 Å². The Balaban J connectivity index is 1.57. The van der Waals surface area contributed by atoms with Crippen LogP contribution in [0.1, 0.15) is 25.7 Å². The van der Waals surface area contributed by atoms with E-state index in [2.05, 4.69) is 25.7 Å². The van der Waals surface area contributed by atoms with Gasteiger partial charge in [-0.3, -0.25) is 9.48 Å². The number of hydrogen-bond donors (Lipinski definition) is 2. The molecule has 9 nitrogen and oxygen atoms in total. The number of carbonyl (C=O) groups excluding carboxylic acids is 1. The summed E-state index contributed by atoms with van der Waals surface area (Å²) in [5.41, 5.74) is 0.772. The van der Waals surface area contributed by atoms with Gasteiger partial charge < -0.3 is 20.3 Å². The molecule has 2 aromatic rings. The first-order chi connectivity index (χ1) is 14.4. The Morgan fingerprint density at radius 3 is 2.97 bits per heavy atom. The number of ether oxygens (including phenoxy) is 1. The summed E-state index contributed by atoms with van der Waals surface area (Å²) in [7, 11) is 5.75. The van der Waals surface area contributed by atoms with Crippen molar-refractivity contribution in [1.29, 1.82) is 0 Å². The number of rotatable bonds is 8. The highest BCUT2D eigenvalue weighted by molar-refractivity contribution is 6.31. The third-order valence-electron chi connectivity index (χ3n) is 4.66. The highest BCUT2D eigenvalue weighted by Crippen LogP contribution is 2.28. The van der Waals surface area contributed by atoms with Crippen LogP contribution < -0.4 is 15.4 Å². The highest BCUT2D eigenvalue weighted by Gasteiger charge is 2.25. The number of halogens is 1. The van der Waals surface area contributed by atoms with E-state index in [9.17, 15) is 4.79 Å². The van der Waals surface area contributed by atoms with Gasteiger partial charge in [0.15, 0.2) is 0 Å². The van der Waals surface area contributed by atoms with E-state index in [0.717, 1.165) is 31.5 Å². The van der Waals surface area contributed by atoms with Crippen LogP contribution in [0.15, 0.2) is 30.7 Å². The van der Waals surface area contributed by atoms with Crippen molar-refractivity contribution in [2.75, 3.05) is 26.0 Å². The lowest BCUT2D eigenvalue weighted by Crippen LogP contribution is -2.40. The van der Waals surface area contributed by atoms with Crippen LogP contribution in [0.5, 0.6) is 5.88 Å². The van der Waals surface area contributed by atoms with Gasteiger partial charge in [-0.05, 0) is 33.4 Å². The molecule has 2 atom stereocenters. The van der Waals surface area contributed by atoms with Crippen LogP contribution in [0.25, 0.3) is 0 Å². The van der Waals surface area contributed by atoms with E-state index >= 15 is 0 Å². The second kappa shape index (κ2) is 10.4. The Morgan fingerprint density at radius 2 is 2.23 bits per heavy atom. The minimum absolute atomic E-state index is 0.0638. The summed E-state index contributed by atoms with van der Waals surface area (Å²) in [6, 6.07) is 0.0638. The van der Waals surface area contributed by atoms with Crippen LogP contribution in [0.4, 0.5) is 11.6 Å². The number of nitrogens with zero attached hydrogens (tertiary/aromatic N) is 5. The molecule has 0 spiro atoms. The first-order valence-electron chi connectivity index (χ1n) is 9.95. The Labute approximate surface area is 181 Å². The van der Waals surface area contributed by atoms with Crippen molar-refractivity contribution in [2.24, 2.45) is 7.05 Å². The topological polar surface area (TPSA) is 97.2 Å². The molecule has 1 amide bonds. The molecule has 1 fully saturated rings. The Morgan fingerprint density at radius 1 is 1.40 bits per heavy atom. The number of amides is 1. The fraction of sp³-hybridized carbons (Fsp3) is 0.500. The minimum atomic E-state index is -0.0782. The van der Waals surface area contributed by atoms with Crippen molar-refractivity contribution in [3.63, 3.8) is 0 Å². The van der Waals surface area contributed by atoms with E-state index in [-0.39, 0.29) is 18.1 Å².